The summed E-state index contributed by atoms with van der Waals surface area (Å²) in [6.07, 6.45) is 2.21. The number of carboxylic acid groups (broad SMARTS) is 1. The summed E-state index contributed by atoms with van der Waals surface area (Å²) >= 11 is 1.70. The van der Waals surface area contributed by atoms with Crippen LogP contribution in [0.15, 0.2) is 89.8 Å². The van der Waals surface area contributed by atoms with Gasteiger partial charge < -0.3 is 14.6 Å². The first-order valence-electron chi connectivity index (χ1n) is 9.13. The summed E-state index contributed by atoms with van der Waals surface area (Å²) in [5.41, 5.74) is 3.41. The number of hydrogen-bond acceptors (Lipinski definition) is 4. The van der Waals surface area contributed by atoms with Crippen LogP contribution >= 0.6 is 11.8 Å². The third-order valence-electron chi connectivity index (χ3n) is 4.19. The second-order valence-electron chi connectivity index (χ2n) is 6.18. The molecule has 29 heavy (non-hydrogen) atoms. The second-order valence-corrected chi connectivity index (χ2v) is 7.27. The number of thioether (sulfide) groups is 1. The third-order valence-corrected chi connectivity index (χ3v) is 5.13. The minimum atomic E-state index is -0.987. The molecule has 0 bridgehead atoms. The number of carbonyl (C=O) groups is 1. The van der Waals surface area contributed by atoms with Crippen LogP contribution in [0, 0.1) is 0 Å². The zero-order valence-electron chi connectivity index (χ0n) is 16.1. The third kappa shape index (κ3) is 6.16. The van der Waals surface area contributed by atoms with Crippen LogP contribution in [0.4, 0.5) is 0 Å². The summed E-state index contributed by atoms with van der Waals surface area (Å²) in [7, 11) is 1.67. The molecule has 3 aromatic rings. The maximum atomic E-state index is 10.6. The van der Waals surface area contributed by atoms with E-state index in [1.165, 1.54) is 0 Å². The smallest absolute Gasteiger partial charge is 0.341 e. The van der Waals surface area contributed by atoms with Gasteiger partial charge in [-0.2, -0.15) is 0 Å². The molecule has 0 aromatic heterocycles. The van der Waals surface area contributed by atoms with Crippen LogP contribution in [-0.4, -0.2) is 30.5 Å². The van der Waals surface area contributed by atoms with Gasteiger partial charge in [0.1, 0.15) is 11.5 Å². The van der Waals surface area contributed by atoms with Gasteiger partial charge in [0, 0.05) is 10.6 Å². The van der Waals surface area contributed by atoms with E-state index in [0.29, 0.717) is 5.75 Å². The summed E-state index contributed by atoms with van der Waals surface area (Å²) in [5.74, 6) is 1.18. The molecule has 0 saturated carbocycles. The Balaban J connectivity index is 1.74. The molecule has 0 unspecified atom stereocenters. The van der Waals surface area contributed by atoms with Crippen LogP contribution in [0.1, 0.15) is 11.1 Å². The molecule has 0 spiro atoms. The quantitative estimate of drug-likeness (QED) is 0.483. The lowest BCUT2D eigenvalue weighted by Crippen LogP contribution is -2.09. The minimum Gasteiger partial charge on any atom is -0.497 e. The highest BCUT2D eigenvalue weighted by atomic mass is 32.2. The zero-order chi connectivity index (χ0) is 20.5. The van der Waals surface area contributed by atoms with Crippen molar-refractivity contribution in [1.82, 2.24) is 0 Å². The molecule has 0 saturated heterocycles. The molecule has 1 N–H and O–H groups in total. The predicted molar refractivity (Wildman–Crippen MR) is 117 cm³/mol. The Morgan fingerprint density at radius 3 is 2.34 bits per heavy atom. The molecule has 5 heteroatoms. The van der Waals surface area contributed by atoms with Gasteiger partial charge >= 0.3 is 5.97 Å². The largest absolute Gasteiger partial charge is 0.497 e. The Hall–Kier alpha value is -3.18. The van der Waals surface area contributed by atoms with Crippen molar-refractivity contribution < 1.29 is 19.4 Å². The monoisotopic (exact) mass is 406 g/mol. The second kappa shape index (κ2) is 10.4. The highest BCUT2D eigenvalue weighted by Crippen LogP contribution is 2.28. The molecule has 3 aromatic carbocycles. The standard InChI is InChI=1S/C24H22O4S/c1-27-21-9-5-8-19(16-21)23(18-6-3-2-4-7-18)14-15-29-22-12-10-20(11-13-22)28-17-24(25)26/h2-14,16H,15,17H2,1H3,(H,25,26)/b23-14-. The Bertz CT molecular complexity index is 966. The highest BCUT2D eigenvalue weighted by molar-refractivity contribution is 7.99. The molecule has 0 heterocycles. The lowest BCUT2D eigenvalue weighted by atomic mass is 9.98. The number of methoxy groups -OCH3 is 1. The molecular formula is C24H22O4S. The summed E-state index contributed by atoms with van der Waals surface area (Å²) in [6.45, 7) is -0.337. The van der Waals surface area contributed by atoms with Crippen molar-refractivity contribution in [3.05, 3.63) is 96.1 Å². The zero-order valence-corrected chi connectivity index (χ0v) is 16.9. The van der Waals surface area contributed by atoms with E-state index in [1.807, 2.05) is 48.5 Å². The molecular weight excluding hydrogens is 384 g/mol. The molecule has 3 rings (SSSR count). The number of ether oxygens (including phenoxy) is 2. The fourth-order valence-electron chi connectivity index (χ4n) is 2.81. The van der Waals surface area contributed by atoms with Gasteiger partial charge in [-0.15, -0.1) is 11.8 Å². The van der Waals surface area contributed by atoms with Crippen molar-refractivity contribution in [3.8, 4) is 11.5 Å². The van der Waals surface area contributed by atoms with E-state index in [1.54, 1.807) is 31.0 Å². The van der Waals surface area contributed by atoms with Gasteiger partial charge in [-0.05, 0) is 53.1 Å². The fourth-order valence-corrected chi connectivity index (χ4v) is 3.58. The predicted octanol–water partition coefficient (Wildman–Crippen LogP) is 5.38. The van der Waals surface area contributed by atoms with Crippen LogP contribution in [0.5, 0.6) is 11.5 Å². The van der Waals surface area contributed by atoms with Gasteiger partial charge in [0.15, 0.2) is 6.61 Å². The van der Waals surface area contributed by atoms with E-state index in [4.69, 9.17) is 14.6 Å². The van der Waals surface area contributed by atoms with Crippen molar-refractivity contribution >= 4 is 23.3 Å². The molecule has 0 fully saturated rings. The van der Waals surface area contributed by atoms with E-state index in [0.717, 1.165) is 33.1 Å². The molecule has 0 aliphatic carbocycles. The van der Waals surface area contributed by atoms with E-state index in [2.05, 4.69) is 24.3 Å². The van der Waals surface area contributed by atoms with Crippen LogP contribution in [0.25, 0.3) is 5.57 Å². The van der Waals surface area contributed by atoms with Crippen LogP contribution in [0.2, 0.25) is 0 Å². The topological polar surface area (TPSA) is 55.8 Å². The SMILES string of the molecule is COc1cccc(/C(=C\CSc2ccc(OCC(=O)O)cc2)c2ccccc2)c1. The number of benzene rings is 3. The van der Waals surface area contributed by atoms with Crippen molar-refractivity contribution in [3.63, 3.8) is 0 Å². The van der Waals surface area contributed by atoms with E-state index < -0.39 is 5.97 Å². The Labute approximate surface area is 174 Å². The molecule has 0 amide bonds. The minimum absolute atomic E-state index is 0.337. The molecule has 148 valence electrons. The van der Waals surface area contributed by atoms with E-state index in [-0.39, 0.29) is 6.61 Å². The fraction of sp³-hybridized carbons (Fsp3) is 0.125. The maximum absolute atomic E-state index is 10.6. The number of carboxylic acids is 1. The van der Waals surface area contributed by atoms with Crippen LogP contribution in [0.3, 0.4) is 0 Å². The van der Waals surface area contributed by atoms with Gasteiger partial charge in [-0.1, -0.05) is 48.5 Å². The van der Waals surface area contributed by atoms with Gasteiger partial charge in [0.2, 0.25) is 0 Å². The van der Waals surface area contributed by atoms with Crippen molar-refractivity contribution in [2.24, 2.45) is 0 Å². The van der Waals surface area contributed by atoms with Crippen LogP contribution in [-0.2, 0) is 4.79 Å². The average Bonchev–Trinajstić information content (AvgIpc) is 2.76. The Morgan fingerprint density at radius 2 is 1.66 bits per heavy atom. The van der Waals surface area contributed by atoms with E-state index >= 15 is 0 Å². The summed E-state index contributed by atoms with van der Waals surface area (Å²) in [4.78, 5) is 11.7. The first-order valence-corrected chi connectivity index (χ1v) is 10.1. The summed E-state index contributed by atoms with van der Waals surface area (Å²) < 4.78 is 10.5. The molecule has 0 radical (unpaired) electrons. The number of aliphatic carboxylic acids is 1. The highest BCUT2D eigenvalue weighted by Gasteiger charge is 2.06. The number of rotatable bonds is 9. The summed E-state index contributed by atoms with van der Waals surface area (Å²) in [5, 5.41) is 8.67. The normalized spacial score (nSPS) is 11.1. The molecule has 0 aliphatic heterocycles. The lowest BCUT2D eigenvalue weighted by Gasteiger charge is -2.11. The lowest BCUT2D eigenvalue weighted by molar-refractivity contribution is -0.139. The first-order chi connectivity index (χ1) is 14.2. The van der Waals surface area contributed by atoms with Crippen molar-refractivity contribution in [1.29, 1.82) is 0 Å². The average molecular weight is 407 g/mol. The van der Waals surface area contributed by atoms with Crippen molar-refractivity contribution in [2.75, 3.05) is 19.5 Å². The van der Waals surface area contributed by atoms with Crippen molar-refractivity contribution in [2.45, 2.75) is 4.90 Å². The molecule has 0 atom stereocenters. The Kier molecular flexibility index (Phi) is 7.36. The van der Waals surface area contributed by atoms with Crippen LogP contribution < -0.4 is 9.47 Å². The van der Waals surface area contributed by atoms with Gasteiger partial charge in [0.25, 0.3) is 0 Å². The maximum Gasteiger partial charge on any atom is 0.341 e. The first kappa shape index (κ1) is 20.6. The number of hydrogen-bond donors (Lipinski definition) is 1. The van der Waals surface area contributed by atoms with Gasteiger partial charge in [-0.3, -0.25) is 0 Å². The van der Waals surface area contributed by atoms with Gasteiger partial charge in [-0.25, -0.2) is 4.79 Å². The Morgan fingerprint density at radius 1 is 0.931 bits per heavy atom. The molecule has 4 nitrogen and oxygen atoms in total. The van der Waals surface area contributed by atoms with Gasteiger partial charge in [0.05, 0.1) is 7.11 Å². The van der Waals surface area contributed by atoms with E-state index in [9.17, 15) is 4.79 Å². The molecule has 0 aliphatic rings. The summed E-state index contributed by atoms with van der Waals surface area (Å²) in [6, 6.07) is 25.8.